The monoisotopic (exact) mass is 247 g/mol. The number of rotatable bonds is 7. The third-order valence-electron chi connectivity index (χ3n) is 2.73. The number of aromatic nitrogens is 1. The quantitative estimate of drug-likeness (QED) is 0.792. The van der Waals surface area contributed by atoms with Crippen molar-refractivity contribution in [1.29, 1.82) is 5.26 Å². The SMILES string of the molecule is CCC(C(=O)O)N(CCC#N)Cc1cccnc1. The van der Waals surface area contributed by atoms with E-state index in [4.69, 9.17) is 5.26 Å². The minimum atomic E-state index is -0.848. The Morgan fingerprint density at radius 1 is 1.67 bits per heavy atom. The maximum absolute atomic E-state index is 11.2. The normalized spacial score (nSPS) is 12.1. The number of pyridine rings is 1. The second-order valence-electron chi connectivity index (χ2n) is 4.00. The first-order chi connectivity index (χ1) is 8.69. The molecule has 0 aliphatic rings. The molecule has 0 aliphatic heterocycles. The van der Waals surface area contributed by atoms with Gasteiger partial charge in [0.25, 0.3) is 0 Å². The molecule has 96 valence electrons. The lowest BCUT2D eigenvalue weighted by atomic mass is 10.1. The van der Waals surface area contributed by atoms with Gasteiger partial charge < -0.3 is 5.11 Å². The lowest BCUT2D eigenvalue weighted by Gasteiger charge is -2.27. The van der Waals surface area contributed by atoms with Crippen molar-refractivity contribution in [3.8, 4) is 6.07 Å². The molecule has 1 heterocycles. The molecule has 0 saturated heterocycles. The molecule has 1 atom stereocenters. The van der Waals surface area contributed by atoms with E-state index in [1.54, 1.807) is 12.4 Å². The summed E-state index contributed by atoms with van der Waals surface area (Å²) in [5.74, 6) is -0.848. The number of hydrogen-bond acceptors (Lipinski definition) is 4. The van der Waals surface area contributed by atoms with Crippen LogP contribution in [0, 0.1) is 11.3 Å². The van der Waals surface area contributed by atoms with Gasteiger partial charge in [0.1, 0.15) is 6.04 Å². The van der Waals surface area contributed by atoms with Gasteiger partial charge in [0.2, 0.25) is 0 Å². The van der Waals surface area contributed by atoms with Crippen LogP contribution in [0.5, 0.6) is 0 Å². The first-order valence-electron chi connectivity index (χ1n) is 5.91. The van der Waals surface area contributed by atoms with E-state index in [-0.39, 0.29) is 0 Å². The number of aliphatic carboxylic acids is 1. The predicted octanol–water partition coefficient (Wildman–Crippen LogP) is 1.66. The lowest BCUT2D eigenvalue weighted by Crippen LogP contribution is -2.40. The Morgan fingerprint density at radius 3 is 2.94 bits per heavy atom. The summed E-state index contributed by atoms with van der Waals surface area (Å²) in [7, 11) is 0. The highest BCUT2D eigenvalue weighted by molar-refractivity contribution is 5.73. The highest BCUT2D eigenvalue weighted by Crippen LogP contribution is 2.11. The molecule has 0 bridgehead atoms. The number of carbonyl (C=O) groups is 1. The van der Waals surface area contributed by atoms with Gasteiger partial charge in [0, 0.05) is 31.9 Å². The number of carboxylic acids is 1. The Labute approximate surface area is 107 Å². The Bertz CT molecular complexity index is 414. The van der Waals surface area contributed by atoms with Crippen molar-refractivity contribution in [3.63, 3.8) is 0 Å². The molecule has 5 heteroatoms. The first kappa shape index (κ1) is 14.1. The molecule has 0 aromatic carbocycles. The van der Waals surface area contributed by atoms with Gasteiger partial charge in [0.15, 0.2) is 0 Å². The summed E-state index contributed by atoms with van der Waals surface area (Å²) in [6.07, 6.45) is 4.23. The Morgan fingerprint density at radius 2 is 2.44 bits per heavy atom. The van der Waals surface area contributed by atoms with Gasteiger partial charge in [-0.25, -0.2) is 0 Å². The average molecular weight is 247 g/mol. The van der Waals surface area contributed by atoms with Gasteiger partial charge in [-0.1, -0.05) is 13.0 Å². The largest absolute Gasteiger partial charge is 0.480 e. The Balaban J connectivity index is 2.78. The van der Waals surface area contributed by atoms with E-state index in [1.807, 2.05) is 24.0 Å². The first-order valence-corrected chi connectivity index (χ1v) is 5.91. The Hall–Kier alpha value is -1.93. The van der Waals surface area contributed by atoms with Crippen molar-refractivity contribution in [2.75, 3.05) is 6.54 Å². The molecule has 1 rings (SSSR count). The van der Waals surface area contributed by atoms with E-state index in [1.165, 1.54) is 0 Å². The van der Waals surface area contributed by atoms with Crippen LogP contribution < -0.4 is 0 Å². The zero-order valence-corrected chi connectivity index (χ0v) is 10.4. The summed E-state index contributed by atoms with van der Waals surface area (Å²) in [6, 6.07) is 5.22. The molecule has 1 N–H and O–H groups in total. The zero-order valence-electron chi connectivity index (χ0n) is 10.4. The fraction of sp³-hybridized carbons (Fsp3) is 0.462. The summed E-state index contributed by atoms with van der Waals surface area (Å²) in [5, 5.41) is 17.8. The molecule has 18 heavy (non-hydrogen) atoms. The van der Waals surface area contributed by atoms with Gasteiger partial charge in [-0.05, 0) is 18.1 Å². The van der Waals surface area contributed by atoms with Crippen LogP contribution in [-0.2, 0) is 11.3 Å². The highest BCUT2D eigenvalue weighted by Gasteiger charge is 2.23. The van der Waals surface area contributed by atoms with Crippen LogP contribution in [0.15, 0.2) is 24.5 Å². The summed E-state index contributed by atoms with van der Waals surface area (Å²) >= 11 is 0. The zero-order chi connectivity index (χ0) is 13.4. The van der Waals surface area contributed by atoms with E-state index >= 15 is 0 Å². The van der Waals surface area contributed by atoms with Crippen LogP contribution >= 0.6 is 0 Å². The summed E-state index contributed by atoms with van der Waals surface area (Å²) in [5.41, 5.74) is 0.954. The molecule has 0 fully saturated rings. The minimum absolute atomic E-state index is 0.323. The van der Waals surface area contributed by atoms with Crippen LogP contribution in [0.4, 0.5) is 0 Å². The molecule has 0 aliphatic carbocycles. The van der Waals surface area contributed by atoms with Gasteiger partial charge in [-0.2, -0.15) is 5.26 Å². The molecule has 1 unspecified atom stereocenters. The van der Waals surface area contributed by atoms with Gasteiger partial charge in [0.05, 0.1) is 6.07 Å². The fourth-order valence-electron chi connectivity index (χ4n) is 1.85. The van der Waals surface area contributed by atoms with Crippen LogP contribution in [0.25, 0.3) is 0 Å². The summed E-state index contributed by atoms with van der Waals surface area (Å²) in [4.78, 5) is 17.0. The highest BCUT2D eigenvalue weighted by atomic mass is 16.4. The van der Waals surface area contributed by atoms with Crippen molar-refractivity contribution < 1.29 is 9.90 Å². The maximum atomic E-state index is 11.2. The average Bonchev–Trinajstić information content (AvgIpc) is 2.37. The van der Waals surface area contributed by atoms with Crippen molar-refractivity contribution in [3.05, 3.63) is 30.1 Å². The third kappa shape index (κ3) is 4.15. The number of nitriles is 1. The molecule has 1 aromatic rings. The van der Waals surface area contributed by atoms with Crippen molar-refractivity contribution in [2.24, 2.45) is 0 Å². The van der Waals surface area contributed by atoms with Gasteiger partial charge in [-0.15, -0.1) is 0 Å². The molecule has 5 nitrogen and oxygen atoms in total. The van der Waals surface area contributed by atoms with Gasteiger partial charge >= 0.3 is 5.97 Å². The molecular weight excluding hydrogens is 230 g/mol. The van der Waals surface area contributed by atoms with Crippen LogP contribution in [-0.4, -0.2) is 33.5 Å². The number of hydrogen-bond donors (Lipinski definition) is 1. The maximum Gasteiger partial charge on any atom is 0.320 e. The van der Waals surface area contributed by atoms with E-state index in [0.29, 0.717) is 25.9 Å². The summed E-state index contributed by atoms with van der Waals surface area (Å²) < 4.78 is 0. The predicted molar refractivity (Wildman–Crippen MR) is 66.6 cm³/mol. The van der Waals surface area contributed by atoms with Crippen molar-refractivity contribution >= 4 is 5.97 Å². The van der Waals surface area contributed by atoms with Crippen molar-refractivity contribution in [1.82, 2.24) is 9.88 Å². The smallest absolute Gasteiger partial charge is 0.320 e. The lowest BCUT2D eigenvalue weighted by molar-refractivity contribution is -0.143. The second kappa shape index (κ2) is 7.41. The van der Waals surface area contributed by atoms with Crippen LogP contribution in [0.3, 0.4) is 0 Å². The summed E-state index contributed by atoms with van der Waals surface area (Å²) in [6.45, 7) is 2.79. The topological polar surface area (TPSA) is 77.2 Å². The number of nitrogens with zero attached hydrogens (tertiary/aromatic N) is 3. The number of carboxylic acid groups (broad SMARTS) is 1. The van der Waals surface area contributed by atoms with E-state index < -0.39 is 12.0 Å². The van der Waals surface area contributed by atoms with E-state index in [9.17, 15) is 9.90 Å². The molecular formula is C13H17N3O2. The molecule has 0 saturated carbocycles. The minimum Gasteiger partial charge on any atom is -0.480 e. The van der Waals surface area contributed by atoms with Crippen LogP contribution in [0.1, 0.15) is 25.3 Å². The van der Waals surface area contributed by atoms with Crippen LogP contribution in [0.2, 0.25) is 0 Å². The van der Waals surface area contributed by atoms with E-state index in [2.05, 4.69) is 11.1 Å². The third-order valence-corrected chi connectivity index (χ3v) is 2.73. The molecule has 0 amide bonds. The van der Waals surface area contributed by atoms with E-state index in [0.717, 1.165) is 5.56 Å². The molecule has 1 aromatic heterocycles. The van der Waals surface area contributed by atoms with Crippen molar-refractivity contribution in [2.45, 2.75) is 32.4 Å². The van der Waals surface area contributed by atoms with Gasteiger partial charge in [-0.3, -0.25) is 14.7 Å². The standard InChI is InChI=1S/C13H17N3O2/c1-2-12(13(17)18)16(8-4-6-14)10-11-5-3-7-15-9-11/h3,5,7,9,12H,2,4,8,10H2,1H3,(H,17,18). The fourth-order valence-corrected chi connectivity index (χ4v) is 1.85. The molecule has 0 spiro atoms. The molecule has 0 radical (unpaired) electrons. The second-order valence-corrected chi connectivity index (χ2v) is 4.00. The Kier molecular flexibility index (Phi) is 5.81.